The average molecular weight is 256 g/mol. The highest BCUT2D eigenvalue weighted by molar-refractivity contribution is 5.68. The third-order valence-corrected chi connectivity index (χ3v) is 2.92. The molecule has 0 radical (unpaired) electrons. The first-order valence-electron chi connectivity index (χ1n) is 6.10. The zero-order valence-electron chi connectivity index (χ0n) is 11.0. The zero-order valence-corrected chi connectivity index (χ0v) is 11.0. The first-order valence-corrected chi connectivity index (χ1v) is 6.10. The van der Waals surface area contributed by atoms with Gasteiger partial charge in [-0.05, 0) is 6.07 Å². The summed E-state index contributed by atoms with van der Waals surface area (Å²) in [6.45, 7) is 3.68. The number of carboxylic acid groups (broad SMARTS) is 1. The highest BCUT2D eigenvalue weighted by Crippen LogP contribution is 2.25. The van der Waals surface area contributed by atoms with Crippen LogP contribution >= 0.6 is 0 Å². The van der Waals surface area contributed by atoms with Gasteiger partial charge in [-0.2, -0.15) is 0 Å². The highest BCUT2D eigenvalue weighted by Gasteiger charge is 2.27. The van der Waals surface area contributed by atoms with Crippen molar-refractivity contribution in [2.45, 2.75) is 25.7 Å². The van der Waals surface area contributed by atoms with E-state index >= 15 is 0 Å². The first-order chi connectivity index (χ1) is 8.99. The maximum Gasteiger partial charge on any atom is 0.304 e. The molecule has 1 aromatic heterocycles. The van der Waals surface area contributed by atoms with Crippen LogP contribution in [0.5, 0.6) is 0 Å². The average Bonchev–Trinajstić information content (AvgIpc) is 2.38. The topological polar surface area (TPSA) is 63.1 Å². The number of benzene rings is 1. The van der Waals surface area contributed by atoms with Gasteiger partial charge in [0.05, 0.1) is 12.1 Å². The normalized spacial score (nSPS) is 11.3. The molecule has 0 fully saturated rings. The minimum atomic E-state index is -0.848. The van der Waals surface area contributed by atoms with Crippen molar-refractivity contribution in [1.82, 2.24) is 9.97 Å². The van der Waals surface area contributed by atoms with Gasteiger partial charge in [0.2, 0.25) is 0 Å². The predicted octanol–water partition coefficient (Wildman–Crippen LogP) is 2.90. The number of hydrogen-bond donors (Lipinski definition) is 1. The Labute approximate surface area is 112 Å². The second kappa shape index (κ2) is 5.18. The third-order valence-electron chi connectivity index (χ3n) is 2.92. The summed E-state index contributed by atoms with van der Waals surface area (Å²) >= 11 is 0. The van der Waals surface area contributed by atoms with E-state index in [1.807, 2.05) is 50.2 Å². The van der Waals surface area contributed by atoms with E-state index in [0.29, 0.717) is 5.82 Å². The van der Waals surface area contributed by atoms with Gasteiger partial charge >= 0.3 is 5.97 Å². The van der Waals surface area contributed by atoms with Gasteiger partial charge in [0.1, 0.15) is 5.82 Å². The summed E-state index contributed by atoms with van der Waals surface area (Å²) in [5, 5.41) is 8.94. The van der Waals surface area contributed by atoms with Gasteiger partial charge < -0.3 is 5.11 Å². The molecule has 2 aromatic rings. The van der Waals surface area contributed by atoms with Crippen LogP contribution in [0.25, 0.3) is 11.3 Å². The Bertz CT molecular complexity index is 580. The van der Waals surface area contributed by atoms with Crippen LogP contribution in [0, 0.1) is 0 Å². The van der Waals surface area contributed by atoms with Crippen LogP contribution in [0.15, 0.2) is 42.6 Å². The molecule has 98 valence electrons. The van der Waals surface area contributed by atoms with E-state index in [-0.39, 0.29) is 6.42 Å². The van der Waals surface area contributed by atoms with Crippen molar-refractivity contribution in [3.63, 3.8) is 0 Å². The van der Waals surface area contributed by atoms with E-state index < -0.39 is 11.4 Å². The van der Waals surface area contributed by atoms with Crippen LogP contribution in [0.1, 0.15) is 26.1 Å². The minimum Gasteiger partial charge on any atom is -0.481 e. The van der Waals surface area contributed by atoms with E-state index in [1.165, 1.54) is 0 Å². The Morgan fingerprint density at radius 3 is 2.53 bits per heavy atom. The number of aromatic nitrogens is 2. The molecule has 0 unspecified atom stereocenters. The molecule has 4 nitrogen and oxygen atoms in total. The molecule has 2 rings (SSSR count). The summed E-state index contributed by atoms with van der Waals surface area (Å²) in [5.74, 6) is -0.296. The van der Waals surface area contributed by atoms with Gasteiger partial charge in [0.25, 0.3) is 0 Å². The van der Waals surface area contributed by atoms with Crippen molar-refractivity contribution in [1.29, 1.82) is 0 Å². The fourth-order valence-corrected chi connectivity index (χ4v) is 1.91. The molecule has 0 spiro atoms. The van der Waals surface area contributed by atoms with Gasteiger partial charge in [-0.15, -0.1) is 0 Å². The maximum atomic E-state index is 10.9. The van der Waals surface area contributed by atoms with E-state index in [0.717, 1.165) is 11.3 Å². The number of aliphatic carboxylic acids is 1. The SMILES string of the molecule is CC(C)(CC(=O)O)c1nccc(-c2ccccc2)n1. The standard InChI is InChI=1S/C15H16N2O2/c1-15(2,10-13(18)19)14-16-9-8-12(17-14)11-6-4-3-5-7-11/h3-9H,10H2,1-2H3,(H,18,19). The smallest absolute Gasteiger partial charge is 0.304 e. The van der Waals surface area contributed by atoms with Crippen molar-refractivity contribution in [3.8, 4) is 11.3 Å². The second-order valence-corrected chi connectivity index (χ2v) is 5.09. The zero-order chi connectivity index (χ0) is 13.9. The lowest BCUT2D eigenvalue weighted by Gasteiger charge is -2.20. The Balaban J connectivity index is 2.37. The van der Waals surface area contributed by atoms with Crippen molar-refractivity contribution in [2.75, 3.05) is 0 Å². The molecule has 0 saturated heterocycles. The Hall–Kier alpha value is -2.23. The van der Waals surface area contributed by atoms with E-state index in [1.54, 1.807) is 6.20 Å². The Morgan fingerprint density at radius 1 is 1.21 bits per heavy atom. The predicted molar refractivity (Wildman–Crippen MR) is 72.7 cm³/mol. The van der Waals surface area contributed by atoms with Crippen molar-refractivity contribution < 1.29 is 9.90 Å². The summed E-state index contributed by atoms with van der Waals surface area (Å²) in [7, 11) is 0. The molecule has 0 saturated carbocycles. The second-order valence-electron chi connectivity index (χ2n) is 5.09. The lowest BCUT2D eigenvalue weighted by Crippen LogP contribution is -2.24. The molecule has 0 atom stereocenters. The monoisotopic (exact) mass is 256 g/mol. The summed E-state index contributed by atoms with van der Waals surface area (Å²) < 4.78 is 0. The van der Waals surface area contributed by atoms with E-state index in [2.05, 4.69) is 9.97 Å². The number of hydrogen-bond acceptors (Lipinski definition) is 3. The molecular formula is C15H16N2O2. The van der Waals surface area contributed by atoms with Gasteiger partial charge in [-0.25, -0.2) is 9.97 Å². The summed E-state index contributed by atoms with van der Waals surface area (Å²) in [5.41, 5.74) is 1.22. The summed E-state index contributed by atoms with van der Waals surface area (Å²) in [4.78, 5) is 19.6. The molecule has 1 N–H and O–H groups in total. The van der Waals surface area contributed by atoms with Crippen LogP contribution in [0.2, 0.25) is 0 Å². The number of nitrogens with zero attached hydrogens (tertiary/aromatic N) is 2. The molecule has 0 amide bonds. The van der Waals surface area contributed by atoms with Crippen LogP contribution in [0.3, 0.4) is 0 Å². The van der Waals surface area contributed by atoms with Gasteiger partial charge in [0, 0.05) is 17.2 Å². The molecule has 4 heteroatoms. The van der Waals surface area contributed by atoms with Crippen LogP contribution in [0.4, 0.5) is 0 Å². The lowest BCUT2D eigenvalue weighted by atomic mass is 9.88. The molecule has 0 bridgehead atoms. The van der Waals surface area contributed by atoms with Gasteiger partial charge in [0.15, 0.2) is 0 Å². The van der Waals surface area contributed by atoms with Gasteiger partial charge in [-0.1, -0.05) is 44.2 Å². The molecule has 0 aliphatic rings. The van der Waals surface area contributed by atoms with Crippen LogP contribution < -0.4 is 0 Å². The summed E-state index contributed by atoms with van der Waals surface area (Å²) in [6.07, 6.45) is 1.68. The fraction of sp³-hybridized carbons (Fsp3) is 0.267. The van der Waals surface area contributed by atoms with E-state index in [9.17, 15) is 4.79 Å². The molecular weight excluding hydrogens is 240 g/mol. The highest BCUT2D eigenvalue weighted by atomic mass is 16.4. The minimum absolute atomic E-state index is 0.00520. The molecule has 0 aliphatic heterocycles. The van der Waals surface area contributed by atoms with Crippen LogP contribution in [-0.4, -0.2) is 21.0 Å². The third kappa shape index (κ3) is 3.16. The van der Waals surface area contributed by atoms with Crippen molar-refractivity contribution in [2.24, 2.45) is 0 Å². The number of carbonyl (C=O) groups is 1. The largest absolute Gasteiger partial charge is 0.481 e. The van der Waals surface area contributed by atoms with Crippen molar-refractivity contribution >= 4 is 5.97 Å². The Morgan fingerprint density at radius 2 is 1.89 bits per heavy atom. The molecule has 1 heterocycles. The summed E-state index contributed by atoms with van der Waals surface area (Å²) in [6, 6.07) is 11.6. The Kier molecular flexibility index (Phi) is 3.60. The van der Waals surface area contributed by atoms with Gasteiger partial charge in [-0.3, -0.25) is 4.79 Å². The molecule has 0 aliphatic carbocycles. The molecule has 1 aromatic carbocycles. The fourth-order valence-electron chi connectivity index (χ4n) is 1.91. The quantitative estimate of drug-likeness (QED) is 0.913. The number of rotatable bonds is 4. The first kappa shape index (κ1) is 13.2. The lowest BCUT2D eigenvalue weighted by molar-refractivity contribution is -0.138. The van der Waals surface area contributed by atoms with Crippen LogP contribution in [-0.2, 0) is 10.2 Å². The number of carboxylic acids is 1. The van der Waals surface area contributed by atoms with E-state index in [4.69, 9.17) is 5.11 Å². The maximum absolute atomic E-state index is 10.9. The van der Waals surface area contributed by atoms with Crippen molar-refractivity contribution in [3.05, 3.63) is 48.4 Å². The molecule has 19 heavy (non-hydrogen) atoms.